The molecule has 27 nitrogen and oxygen atoms in total. The maximum atomic E-state index is 15.3. The van der Waals surface area contributed by atoms with Gasteiger partial charge in [0, 0.05) is 181 Å². The highest BCUT2D eigenvalue weighted by Gasteiger charge is 2.33. The summed E-state index contributed by atoms with van der Waals surface area (Å²) in [5.41, 5.74) is 10.7. The molecule has 3 saturated heterocycles. The van der Waals surface area contributed by atoms with Gasteiger partial charge in [-0.1, -0.05) is 6.92 Å². The molecule has 588 valence electrons. The Bertz CT molecular complexity index is 5480. The molecule has 0 atom stereocenters. The number of rotatable bonds is 22. The fourth-order valence-corrected chi connectivity index (χ4v) is 14.1. The molecule has 114 heavy (non-hydrogen) atoms. The molecule has 18 rings (SSSR count). The van der Waals surface area contributed by atoms with Crippen LogP contribution >= 0.6 is 0 Å². The summed E-state index contributed by atoms with van der Waals surface area (Å²) in [5.74, 6) is -1.86. The van der Waals surface area contributed by atoms with Crippen molar-refractivity contribution in [2.24, 2.45) is 0 Å². The number of nitrogens with zero attached hydrogens (tertiary/aromatic N) is 11. The van der Waals surface area contributed by atoms with E-state index in [-0.39, 0.29) is 93.2 Å². The highest BCUT2D eigenvalue weighted by atomic mass is 19.1. The van der Waals surface area contributed by atoms with Gasteiger partial charge in [-0.3, -0.25) is 14.4 Å². The van der Waals surface area contributed by atoms with Gasteiger partial charge in [-0.15, -0.1) is 0 Å². The van der Waals surface area contributed by atoms with Crippen LogP contribution in [-0.2, 0) is 0 Å². The van der Waals surface area contributed by atoms with Crippen LogP contribution in [0.1, 0.15) is 93.6 Å². The van der Waals surface area contributed by atoms with Crippen molar-refractivity contribution < 1.29 is 41.8 Å². The summed E-state index contributed by atoms with van der Waals surface area (Å²) in [6.45, 7) is 20.8. The molecule has 6 fully saturated rings. The lowest BCUT2D eigenvalue weighted by Gasteiger charge is -2.35. The fourth-order valence-electron chi connectivity index (χ4n) is 14.1. The number of hydrogen-bond donors (Lipinski definition) is 10. The number of nitrogens with one attached hydrogen (secondary N) is 10. The zero-order valence-corrected chi connectivity index (χ0v) is 64.0. The molecule has 30 heteroatoms. The number of amides is 3. The first kappa shape index (κ1) is 75.5. The number of fused-ring (bicyclic) bond motifs is 3. The van der Waals surface area contributed by atoms with Crippen LogP contribution in [0.25, 0.3) is 32.7 Å². The quantitative estimate of drug-likeness (QED) is 0.0301. The third-order valence-electron chi connectivity index (χ3n) is 20.9. The van der Waals surface area contributed by atoms with E-state index < -0.39 is 17.5 Å². The fraction of sp³-hybridized carbons (Fsp3) is 0.321. The topological polar surface area (TPSA) is 304 Å². The van der Waals surface area contributed by atoms with Gasteiger partial charge in [0.05, 0.1) is 0 Å². The van der Waals surface area contributed by atoms with Crippen LogP contribution in [0.2, 0.25) is 0 Å². The molecular weight excluding hydrogens is 1460 g/mol. The van der Waals surface area contributed by atoms with Crippen molar-refractivity contribution in [3.8, 4) is 34.9 Å². The first-order valence-electron chi connectivity index (χ1n) is 38.8. The molecule has 6 aromatic heterocycles. The van der Waals surface area contributed by atoms with Crippen molar-refractivity contribution in [1.29, 1.82) is 0 Å². The van der Waals surface area contributed by atoms with E-state index in [1.807, 2.05) is 69.3 Å². The highest BCUT2D eigenvalue weighted by molar-refractivity contribution is 6.04. The number of aromatic amines is 3. The molecule has 6 aromatic carbocycles. The van der Waals surface area contributed by atoms with Crippen LogP contribution in [0.15, 0.2) is 146 Å². The monoisotopic (exact) mass is 1550 g/mol. The number of H-pyrrole nitrogens is 3. The molecule has 0 unspecified atom stereocenters. The number of carbonyl (C=O) groups excluding carboxylic acids is 3. The second-order valence-corrected chi connectivity index (χ2v) is 29.6. The minimum atomic E-state index is -0.521. The molecule has 3 amide bonds. The van der Waals surface area contributed by atoms with Crippen LogP contribution in [-0.4, -0.2) is 183 Å². The Hall–Kier alpha value is -12.5. The van der Waals surface area contributed by atoms with E-state index in [2.05, 4.69) is 145 Å². The number of ether oxygens (including phenoxy) is 3. The van der Waals surface area contributed by atoms with Gasteiger partial charge in [-0.25, -0.2) is 43.1 Å². The van der Waals surface area contributed by atoms with E-state index in [1.165, 1.54) is 37.2 Å². The van der Waals surface area contributed by atoms with E-state index >= 15 is 13.2 Å². The molecule has 10 N–H and O–H groups in total. The third kappa shape index (κ3) is 17.7. The number of anilines is 9. The predicted molar refractivity (Wildman–Crippen MR) is 435 cm³/mol. The van der Waals surface area contributed by atoms with E-state index in [0.29, 0.717) is 44.3 Å². The van der Waals surface area contributed by atoms with Gasteiger partial charge in [0.1, 0.15) is 35.7 Å². The Morgan fingerprint density at radius 2 is 0.719 bits per heavy atom. The summed E-state index contributed by atoms with van der Waals surface area (Å²) >= 11 is 0. The number of piperazine rings is 3. The number of benzene rings is 6. The van der Waals surface area contributed by atoms with Gasteiger partial charge >= 0.3 is 0 Å². The second-order valence-electron chi connectivity index (χ2n) is 29.6. The SMILES string of the molecule is CCN1CCN(c2ccc(Nc3ncnc(Oc4ccc5[nH]c(C)cc5c4F)c3C(=O)NC3CC3)cc2)CC1.Cc1cc2c(F)c(Oc3ncnc(Nc4ccc(N5CCN(C)CC5)cc4)c3C(=O)NC3CC3)ccc2[nH]1.Cc1cc2c(F)c(Oc3ncnc(Nc4ccc(N5CCNCC5)cc4)c3C(=O)NC3CC3)ccc2[nH]1. The molecular formula is C84H90F3N21O6. The molecule has 6 aliphatic rings. The van der Waals surface area contributed by atoms with Crippen LogP contribution in [0.5, 0.6) is 34.9 Å². The summed E-state index contributed by atoms with van der Waals surface area (Å²) < 4.78 is 63.6. The highest BCUT2D eigenvalue weighted by Crippen LogP contribution is 2.40. The van der Waals surface area contributed by atoms with E-state index in [9.17, 15) is 14.4 Å². The van der Waals surface area contributed by atoms with Gasteiger partial charge in [0.25, 0.3) is 17.7 Å². The van der Waals surface area contributed by atoms with E-state index in [1.54, 1.807) is 36.4 Å². The van der Waals surface area contributed by atoms with E-state index in [0.717, 1.165) is 175 Å². The Morgan fingerprint density at radius 3 is 1.03 bits per heavy atom. The van der Waals surface area contributed by atoms with Crippen molar-refractivity contribution in [3.05, 3.63) is 198 Å². The molecule has 0 radical (unpaired) electrons. The first-order chi connectivity index (χ1) is 55.5. The van der Waals surface area contributed by atoms with Crippen molar-refractivity contribution in [2.45, 2.75) is 84.3 Å². The van der Waals surface area contributed by atoms with Crippen molar-refractivity contribution in [3.63, 3.8) is 0 Å². The largest absolute Gasteiger partial charge is 0.435 e. The number of carbonyl (C=O) groups is 3. The van der Waals surface area contributed by atoms with Crippen molar-refractivity contribution in [2.75, 3.05) is 123 Å². The lowest BCUT2D eigenvalue weighted by Crippen LogP contribution is -2.46. The normalized spacial score (nSPS) is 15.8. The number of hydrogen-bond acceptors (Lipinski definition) is 21. The maximum Gasteiger partial charge on any atom is 0.260 e. The Morgan fingerprint density at radius 1 is 0.412 bits per heavy atom. The van der Waals surface area contributed by atoms with Crippen molar-refractivity contribution in [1.82, 2.24) is 75.9 Å². The van der Waals surface area contributed by atoms with Gasteiger partial charge in [0.15, 0.2) is 52.2 Å². The Labute approximate surface area is 656 Å². The Kier molecular flexibility index (Phi) is 22.1. The molecule has 0 bridgehead atoms. The zero-order valence-electron chi connectivity index (χ0n) is 64.0. The number of aromatic nitrogens is 9. The molecule has 12 aromatic rings. The smallest absolute Gasteiger partial charge is 0.260 e. The predicted octanol–water partition coefficient (Wildman–Crippen LogP) is 13.8. The minimum Gasteiger partial charge on any atom is -0.435 e. The molecule has 9 heterocycles. The average molecular weight is 1550 g/mol. The number of aryl methyl sites for hydroxylation is 3. The standard InChI is InChI=1S/C29H32FN7O2.C28H30FN7O2.C27H28FN7O2/c1-3-36-12-14-37(15-13-36)21-8-6-19(7-9-21)34-27-25(28(38)35-20-4-5-20)29(32-17-31-27)39-24-11-10-23-22(26(24)30)16-18(2)33-23;1-17-15-21-22(32-17)9-10-23(25(21)29)38-28-24(27(37)34-19-3-4-19)26(30-16-31-28)33-18-5-7-20(8-6-18)36-13-11-35(2)12-14-36;1-16-14-20-21(32-16)8-9-22(24(20)28)37-27-23(26(36)34-18-2-3-18)25(30-15-31-27)33-17-4-6-19(7-5-17)35-12-10-29-11-13-35/h6-11,16-17,20,33H,3-5,12-15H2,1-2H3,(H,35,38)(H,31,32,34);5-10,15-16,19,32H,3-4,11-14H2,1-2H3,(H,34,37)(H,30,31,33);4-9,14-15,18,29,32H,2-3,10-13H2,1H3,(H,34,36)(H,30,31,33). The lowest BCUT2D eigenvalue weighted by molar-refractivity contribution is 0.0939. The van der Waals surface area contributed by atoms with Crippen LogP contribution in [0.4, 0.5) is 64.7 Å². The zero-order chi connectivity index (χ0) is 78.5. The maximum absolute atomic E-state index is 15.3. The molecule has 3 aliphatic heterocycles. The number of likely N-dealkylation sites (N-methyl/N-ethyl adjacent to an activating group) is 2. The minimum absolute atomic E-state index is 0.0124. The van der Waals surface area contributed by atoms with Crippen LogP contribution in [0, 0.1) is 38.2 Å². The summed E-state index contributed by atoms with van der Waals surface area (Å²) in [5, 5.41) is 23.2. The number of halogens is 3. The van der Waals surface area contributed by atoms with Crippen LogP contribution < -0.4 is 66.1 Å². The lowest BCUT2D eigenvalue weighted by atomic mass is 10.2. The Balaban J connectivity index is 0.000000129. The summed E-state index contributed by atoms with van der Waals surface area (Å²) in [7, 11) is 2.13. The molecule has 3 saturated carbocycles. The van der Waals surface area contributed by atoms with Crippen molar-refractivity contribution >= 4 is 102 Å². The first-order valence-corrected chi connectivity index (χ1v) is 38.8. The summed E-state index contributed by atoms with van der Waals surface area (Å²) in [6.07, 6.45) is 9.44. The second kappa shape index (κ2) is 33.4. The van der Waals surface area contributed by atoms with Gasteiger partial charge in [-0.2, -0.15) is 0 Å². The molecule has 0 spiro atoms. The van der Waals surface area contributed by atoms with Gasteiger partial charge in [0.2, 0.25) is 17.6 Å². The molecule has 3 aliphatic carbocycles. The van der Waals surface area contributed by atoms with E-state index in [4.69, 9.17) is 14.2 Å². The van der Waals surface area contributed by atoms with Gasteiger partial charge < -0.3 is 90.9 Å². The average Bonchev–Trinajstić information content (AvgIpc) is 1.75. The summed E-state index contributed by atoms with van der Waals surface area (Å²) in [4.78, 5) is 86.7. The third-order valence-corrected chi connectivity index (χ3v) is 20.9. The van der Waals surface area contributed by atoms with Crippen LogP contribution in [0.3, 0.4) is 0 Å². The van der Waals surface area contributed by atoms with Gasteiger partial charge in [-0.05, 0) is 200 Å². The summed E-state index contributed by atoms with van der Waals surface area (Å²) in [6, 6.07) is 39.4.